The molecule has 0 saturated carbocycles. The summed E-state index contributed by atoms with van der Waals surface area (Å²) in [5.41, 5.74) is 0.542. The third kappa shape index (κ3) is 3.48. The van der Waals surface area contributed by atoms with Crippen LogP contribution in [0.3, 0.4) is 0 Å². The third-order valence-corrected chi connectivity index (χ3v) is 2.68. The van der Waals surface area contributed by atoms with Crippen LogP contribution in [-0.4, -0.2) is 30.6 Å². The van der Waals surface area contributed by atoms with Crippen molar-refractivity contribution < 1.29 is 19.4 Å². The number of rotatable bonds is 6. The molecule has 98 valence electrons. The standard InChI is InChI=1S/C13H17NO4/c1-10(5-4-8-15)14(13(16)17)11-6-3-7-12(9-11)18-2/h3,6-10H,4-5H2,1-2H3,(H,16,17). The highest BCUT2D eigenvalue weighted by Crippen LogP contribution is 2.24. The van der Waals surface area contributed by atoms with E-state index < -0.39 is 6.09 Å². The first kappa shape index (κ1) is 14.0. The van der Waals surface area contributed by atoms with Gasteiger partial charge in [-0.2, -0.15) is 0 Å². The Morgan fingerprint density at radius 2 is 2.28 bits per heavy atom. The van der Waals surface area contributed by atoms with Crippen LogP contribution in [0.25, 0.3) is 0 Å². The molecule has 5 heteroatoms. The van der Waals surface area contributed by atoms with Crippen LogP contribution >= 0.6 is 0 Å². The highest BCUT2D eigenvalue weighted by Gasteiger charge is 2.21. The first-order valence-corrected chi connectivity index (χ1v) is 5.70. The van der Waals surface area contributed by atoms with Gasteiger partial charge < -0.3 is 14.6 Å². The number of amides is 1. The van der Waals surface area contributed by atoms with Crippen LogP contribution < -0.4 is 9.64 Å². The van der Waals surface area contributed by atoms with E-state index >= 15 is 0 Å². The van der Waals surface area contributed by atoms with E-state index in [0.717, 1.165) is 6.29 Å². The summed E-state index contributed by atoms with van der Waals surface area (Å²) < 4.78 is 5.07. The molecule has 1 aromatic carbocycles. The summed E-state index contributed by atoms with van der Waals surface area (Å²) in [4.78, 5) is 22.9. The topological polar surface area (TPSA) is 66.8 Å². The van der Waals surface area contributed by atoms with E-state index in [1.165, 1.54) is 12.0 Å². The molecule has 1 amide bonds. The Morgan fingerprint density at radius 1 is 1.56 bits per heavy atom. The van der Waals surface area contributed by atoms with Crippen LogP contribution in [0.15, 0.2) is 24.3 Å². The molecule has 18 heavy (non-hydrogen) atoms. The largest absolute Gasteiger partial charge is 0.497 e. The molecule has 5 nitrogen and oxygen atoms in total. The first-order valence-electron chi connectivity index (χ1n) is 5.70. The molecule has 0 spiro atoms. The monoisotopic (exact) mass is 251 g/mol. The van der Waals surface area contributed by atoms with Gasteiger partial charge in [0.05, 0.1) is 12.8 Å². The zero-order valence-electron chi connectivity index (χ0n) is 10.5. The van der Waals surface area contributed by atoms with Gasteiger partial charge in [0, 0.05) is 18.5 Å². The maximum absolute atomic E-state index is 11.3. The lowest BCUT2D eigenvalue weighted by atomic mass is 10.1. The predicted octanol–water partition coefficient (Wildman–Crippen LogP) is 2.55. The fourth-order valence-corrected chi connectivity index (χ4v) is 1.75. The SMILES string of the molecule is COc1cccc(N(C(=O)O)C(C)CCC=O)c1. The predicted molar refractivity (Wildman–Crippen MR) is 68.3 cm³/mol. The maximum Gasteiger partial charge on any atom is 0.412 e. The molecule has 1 rings (SSSR count). The van der Waals surface area contributed by atoms with Crippen LogP contribution in [-0.2, 0) is 4.79 Å². The molecule has 0 aliphatic heterocycles. The molecule has 0 bridgehead atoms. The van der Waals surface area contributed by atoms with Gasteiger partial charge in [0.1, 0.15) is 12.0 Å². The summed E-state index contributed by atoms with van der Waals surface area (Å²) in [6.07, 6.45) is 0.589. The number of ether oxygens (including phenoxy) is 1. The van der Waals surface area contributed by atoms with Crippen molar-refractivity contribution in [3.8, 4) is 5.75 Å². The van der Waals surface area contributed by atoms with Crippen molar-refractivity contribution in [2.45, 2.75) is 25.8 Å². The fraction of sp³-hybridized carbons (Fsp3) is 0.385. The quantitative estimate of drug-likeness (QED) is 0.789. The summed E-state index contributed by atoms with van der Waals surface area (Å²) in [6, 6.07) is 6.58. The fourth-order valence-electron chi connectivity index (χ4n) is 1.75. The molecule has 0 heterocycles. The van der Waals surface area contributed by atoms with Gasteiger partial charge in [-0.3, -0.25) is 4.90 Å². The van der Waals surface area contributed by atoms with Crippen molar-refractivity contribution in [3.63, 3.8) is 0 Å². The normalized spacial score (nSPS) is 11.7. The molecule has 1 aromatic rings. The second-order valence-corrected chi connectivity index (χ2v) is 3.95. The lowest BCUT2D eigenvalue weighted by molar-refractivity contribution is -0.108. The number of anilines is 1. The Kier molecular flexibility index (Phi) is 5.17. The Labute approximate surface area is 106 Å². The van der Waals surface area contributed by atoms with Gasteiger partial charge in [0.15, 0.2) is 0 Å². The number of hydrogen-bond donors (Lipinski definition) is 1. The van der Waals surface area contributed by atoms with Crippen LogP contribution in [0, 0.1) is 0 Å². The number of nitrogens with zero attached hydrogens (tertiary/aromatic N) is 1. The maximum atomic E-state index is 11.3. The van der Waals surface area contributed by atoms with Crippen molar-refractivity contribution in [1.82, 2.24) is 0 Å². The van der Waals surface area contributed by atoms with E-state index in [9.17, 15) is 14.7 Å². The number of carbonyl (C=O) groups excluding carboxylic acids is 1. The first-order chi connectivity index (χ1) is 8.60. The van der Waals surface area contributed by atoms with E-state index in [1.54, 1.807) is 31.2 Å². The van der Waals surface area contributed by atoms with Gasteiger partial charge in [-0.15, -0.1) is 0 Å². The minimum Gasteiger partial charge on any atom is -0.497 e. The molecular weight excluding hydrogens is 234 g/mol. The van der Waals surface area contributed by atoms with E-state index in [-0.39, 0.29) is 6.04 Å². The molecule has 1 atom stereocenters. The molecule has 0 aromatic heterocycles. The smallest absolute Gasteiger partial charge is 0.412 e. The summed E-state index contributed by atoms with van der Waals surface area (Å²) >= 11 is 0. The number of benzene rings is 1. The van der Waals surface area contributed by atoms with Crippen LogP contribution in [0.1, 0.15) is 19.8 Å². The van der Waals surface area contributed by atoms with Crippen molar-refractivity contribution in [2.75, 3.05) is 12.0 Å². The van der Waals surface area contributed by atoms with Gasteiger partial charge in [0.25, 0.3) is 0 Å². The van der Waals surface area contributed by atoms with E-state index in [2.05, 4.69) is 0 Å². The minimum absolute atomic E-state index is 0.264. The summed E-state index contributed by atoms with van der Waals surface area (Å²) in [5.74, 6) is 0.598. The molecule has 0 saturated heterocycles. The van der Waals surface area contributed by atoms with Crippen molar-refractivity contribution >= 4 is 18.1 Å². The number of carbonyl (C=O) groups is 2. The molecule has 1 N–H and O–H groups in total. The molecule has 0 aliphatic carbocycles. The molecule has 0 fully saturated rings. The van der Waals surface area contributed by atoms with Crippen molar-refractivity contribution in [1.29, 1.82) is 0 Å². The number of aldehydes is 1. The highest BCUT2D eigenvalue weighted by molar-refractivity contribution is 5.87. The molecule has 1 unspecified atom stereocenters. The van der Waals surface area contributed by atoms with Gasteiger partial charge >= 0.3 is 6.09 Å². The third-order valence-electron chi connectivity index (χ3n) is 2.68. The number of carboxylic acid groups (broad SMARTS) is 1. The zero-order valence-corrected chi connectivity index (χ0v) is 10.5. The highest BCUT2D eigenvalue weighted by atomic mass is 16.5. The second kappa shape index (κ2) is 6.64. The van der Waals surface area contributed by atoms with Crippen LogP contribution in [0.4, 0.5) is 10.5 Å². The Hall–Kier alpha value is -2.04. The Balaban J connectivity index is 2.96. The van der Waals surface area contributed by atoms with Gasteiger partial charge in [0.2, 0.25) is 0 Å². The lowest BCUT2D eigenvalue weighted by Crippen LogP contribution is -2.37. The molecular formula is C13H17NO4. The van der Waals surface area contributed by atoms with Crippen molar-refractivity contribution in [3.05, 3.63) is 24.3 Å². The van der Waals surface area contributed by atoms with Gasteiger partial charge in [-0.25, -0.2) is 4.79 Å². The van der Waals surface area contributed by atoms with E-state index in [1.807, 2.05) is 0 Å². The van der Waals surface area contributed by atoms with Gasteiger partial charge in [-0.1, -0.05) is 6.07 Å². The van der Waals surface area contributed by atoms with E-state index in [4.69, 9.17) is 4.74 Å². The summed E-state index contributed by atoms with van der Waals surface area (Å²) in [6.45, 7) is 1.77. The van der Waals surface area contributed by atoms with Crippen LogP contribution in [0.2, 0.25) is 0 Å². The van der Waals surface area contributed by atoms with Crippen LogP contribution in [0.5, 0.6) is 5.75 Å². The average molecular weight is 251 g/mol. The average Bonchev–Trinajstić information content (AvgIpc) is 2.36. The Morgan fingerprint density at radius 3 is 2.83 bits per heavy atom. The number of hydrogen-bond acceptors (Lipinski definition) is 3. The van der Waals surface area contributed by atoms with Gasteiger partial charge in [-0.05, 0) is 25.5 Å². The summed E-state index contributed by atoms with van der Waals surface area (Å²) in [7, 11) is 1.53. The van der Waals surface area contributed by atoms with E-state index in [0.29, 0.717) is 24.3 Å². The lowest BCUT2D eigenvalue weighted by Gasteiger charge is -2.26. The second-order valence-electron chi connectivity index (χ2n) is 3.95. The molecule has 0 radical (unpaired) electrons. The summed E-state index contributed by atoms with van der Waals surface area (Å²) in [5, 5.41) is 9.26. The minimum atomic E-state index is -1.04. The number of methoxy groups -OCH3 is 1. The Bertz CT molecular complexity index is 419. The molecule has 0 aliphatic rings. The van der Waals surface area contributed by atoms with Crippen molar-refractivity contribution in [2.24, 2.45) is 0 Å². The zero-order chi connectivity index (χ0) is 13.5.